The zero-order chi connectivity index (χ0) is 22.3. The van der Waals surface area contributed by atoms with Gasteiger partial charge in [0.2, 0.25) is 11.8 Å². The largest absolute Gasteiger partial charge is 0.418 e. The van der Waals surface area contributed by atoms with Crippen molar-refractivity contribution in [3.63, 3.8) is 0 Å². The number of para-hydroxylation sites is 1. The van der Waals surface area contributed by atoms with E-state index in [9.17, 15) is 27.6 Å². The molecule has 1 saturated heterocycles. The maximum Gasteiger partial charge on any atom is 0.418 e. The van der Waals surface area contributed by atoms with E-state index in [1.165, 1.54) is 42.5 Å². The first-order valence-electron chi connectivity index (χ1n) is 9.78. The Morgan fingerprint density at radius 2 is 1.65 bits per heavy atom. The zero-order valence-corrected chi connectivity index (χ0v) is 16.6. The summed E-state index contributed by atoms with van der Waals surface area (Å²) in [4.78, 5) is 39.1. The van der Waals surface area contributed by atoms with Gasteiger partial charge in [-0.3, -0.25) is 19.3 Å². The third-order valence-electron chi connectivity index (χ3n) is 5.69. The van der Waals surface area contributed by atoms with Gasteiger partial charge in [0.25, 0.3) is 5.91 Å². The van der Waals surface area contributed by atoms with Crippen molar-refractivity contribution in [3.8, 4) is 0 Å². The molecule has 0 unspecified atom stereocenters. The molecule has 2 aromatic carbocycles. The quantitative estimate of drug-likeness (QED) is 0.564. The number of amides is 3. The van der Waals surface area contributed by atoms with Gasteiger partial charge >= 0.3 is 6.18 Å². The van der Waals surface area contributed by atoms with Crippen molar-refractivity contribution < 1.29 is 27.6 Å². The molecule has 160 valence electrons. The van der Waals surface area contributed by atoms with E-state index in [2.05, 4.69) is 5.32 Å². The number of rotatable bonds is 3. The molecule has 31 heavy (non-hydrogen) atoms. The Bertz CT molecular complexity index is 1090. The van der Waals surface area contributed by atoms with Crippen molar-refractivity contribution in [2.45, 2.75) is 25.9 Å². The molecule has 1 aliphatic carbocycles. The number of alkyl halides is 3. The van der Waals surface area contributed by atoms with Gasteiger partial charge in [0, 0.05) is 5.56 Å². The van der Waals surface area contributed by atoms with Gasteiger partial charge in [0.15, 0.2) is 0 Å². The van der Waals surface area contributed by atoms with E-state index in [4.69, 9.17) is 0 Å². The van der Waals surface area contributed by atoms with Crippen molar-refractivity contribution in [1.82, 2.24) is 0 Å². The fourth-order valence-electron chi connectivity index (χ4n) is 4.09. The molecule has 0 spiro atoms. The molecule has 1 N–H and O–H groups in total. The lowest BCUT2D eigenvalue weighted by Gasteiger charge is -2.18. The van der Waals surface area contributed by atoms with Crippen LogP contribution in [0.15, 0.2) is 60.2 Å². The second-order valence-corrected chi connectivity index (χ2v) is 7.76. The van der Waals surface area contributed by atoms with Crippen LogP contribution in [0.3, 0.4) is 0 Å². The maximum atomic E-state index is 13.1. The molecule has 4 rings (SSSR count). The van der Waals surface area contributed by atoms with E-state index in [-0.39, 0.29) is 34.9 Å². The number of benzene rings is 2. The molecule has 1 heterocycles. The van der Waals surface area contributed by atoms with Crippen LogP contribution >= 0.6 is 0 Å². The minimum absolute atomic E-state index is 0.106. The topological polar surface area (TPSA) is 66.5 Å². The van der Waals surface area contributed by atoms with E-state index in [0.29, 0.717) is 18.5 Å². The van der Waals surface area contributed by atoms with Crippen molar-refractivity contribution in [2.24, 2.45) is 11.8 Å². The molecule has 0 bridgehead atoms. The highest BCUT2D eigenvalue weighted by molar-refractivity contribution is 6.22. The first-order chi connectivity index (χ1) is 14.7. The summed E-state index contributed by atoms with van der Waals surface area (Å²) >= 11 is 0. The highest BCUT2D eigenvalue weighted by atomic mass is 19.4. The van der Waals surface area contributed by atoms with Gasteiger partial charge in [-0.15, -0.1) is 0 Å². The average molecular weight is 428 g/mol. The van der Waals surface area contributed by atoms with Crippen LogP contribution < -0.4 is 10.2 Å². The first kappa shape index (κ1) is 20.8. The molecular weight excluding hydrogens is 409 g/mol. The van der Waals surface area contributed by atoms with Crippen LogP contribution in [0, 0.1) is 11.8 Å². The molecular formula is C23H19F3N2O3. The van der Waals surface area contributed by atoms with Crippen LogP contribution in [0.1, 0.15) is 35.7 Å². The summed E-state index contributed by atoms with van der Waals surface area (Å²) < 4.78 is 39.4. The van der Waals surface area contributed by atoms with Crippen molar-refractivity contribution in [3.05, 3.63) is 71.3 Å². The van der Waals surface area contributed by atoms with E-state index in [1.807, 2.05) is 13.0 Å². The van der Waals surface area contributed by atoms with Crippen LogP contribution in [-0.2, 0) is 15.8 Å². The Kier molecular flexibility index (Phi) is 5.16. The summed E-state index contributed by atoms with van der Waals surface area (Å²) in [7, 11) is 0. The van der Waals surface area contributed by atoms with E-state index in [0.717, 1.165) is 16.5 Å². The lowest BCUT2D eigenvalue weighted by atomic mass is 9.82. The van der Waals surface area contributed by atoms with Gasteiger partial charge in [-0.05, 0) is 56.2 Å². The lowest BCUT2D eigenvalue weighted by Crippen LogP contribution is -2.30. The summed E-state index contributed by atoms with van der Waals surface area (Å²) in [5.41, 5.74) is 0.236. The van der Waals surface area contributed by atoms with Gasteiger partial charge in [-0.1, -0.05) is 23.8 Å². The molecule has 1 fully saturated rings. The molecule has 0 radical (unpaired) electrons. The predicted octanol–water partition coefficient (Wildman–Crippen LogP) is 4.80. The third kappa shape index (κ3) is 3.85. The predicted molar refractivity (Wildman–Crippen MR) is 108 cm³/mol. The van der Waals surface area contributed by atoms with Crippen molar-refractivity contribution >= 4 is 29.1 Å². The van der Waals surface area contributed by atoms with Gasteiger partial charge in [0.05, 0.1) is 28.8 Å². The fourth-order valence-corrected chi connectivity index (χ4v) is 4.09. The number of nitrogens with zero attached hydrogens (tertiary/aromatic N) is 1. The first-order valence-corrected chi connectivity index (χ1v) is 9.78. The molecule has 8 heteroatoms. The standard InChI is InChI=1S/C23H19F3N2O3/c1-13-6-11-16-17(12-13)22(31)28(21(16)30)15-9-7-14(8-10-15)20(29)27-19-5-3-2-4-18(19)23(24,25)26/h2-10,16-17H,11-12H2,1H3,(H,27,29)/t16-,17-/m1/s1. The number of carbonyl (C=O) groups is 3. The van der Waals surface area contributed by atoms with E-state index in [1.54, 1.807) is 0 Å². The van der Waals surface area contributed by atoms with E-state index >= 15 is 0 Å². The summed E-state index contributed by atoms with van der Waals surface area (Å²) in [6, 6.07) is 10.4. The number of anilines is 2. The fraction of sp³-hybridized carbons (Fsp3) is 0.261. The summed E-state index contributed by atoms with van der Waals surface area (Å²) in [5, 5.41) is 2.27. The summed E-state index contributed by atoms with van der Waals surface area (Å²) in [6.45, 7) is 1.93. The molecule has 2 aromatic rings. The Morgan fingerprint density at radius 3 is 2.32 bits per heavy atom. The molecule has 0 aromatic heterocycles. The van der Waals surface area contributed by atoms with Gasteiger partial charge in [-0.25, -0.2) is 0 Å². The van der Waals surface area contributed by atoms with Gasteiger partial charge in [0.1, 0.15) is 0 Å². The normalized spacial score (nSPS) is 21.0. The van der Waals surface area contributed by atoms with Crippen LogP contribution in [-0.4, -0.2) is 17.7 Å². The number of halogens is 3. The molecule has 5 nitrogen and oxygen atoms in total. The number of fused-ring (bicyclic) bond motifs is 1. The lowest BCUT2D eigenvalue weighted by molar-refractivity contribution is -0.137. The Morgan fingerprint density at radius 1 is 1.00 bits per heavy atom. The summed E-state index contributed by atoms with van der Waals surface area (Å²) in [6.07, 6.45) is -1.56. The van der Waals surface area contributed by atoms with Crippen LogP contribution in [0.4, 0.5) is 24.5 Å². The minimum Gasteiger partial charge on any atom is -0.321 e. The molecule has 3 amide bonds. The second-order valence-electron chi connectivity index (χ2n) is 7.76. The maximum absolute atomic E-state index is 13.1. The van der Waals surface area contributed by atoms with E-state index < -0.39 is 17.6 Å². The highest BCUT2D eigenvalue weighted by Gasteiger charge is 2.48. The number of imide groups is 1. The monoisotopic (exact) mass is 428 g/mol. The Labute approximate surface area is 176 Å². The highest BCUT2D eigenvalue weighted by Crippen LogP contribution is 2.40. The number of allylic oxidation sites excluding steroid dienone is 2. The number of nitrogens with one attached hydrogen (secondary N) is 1. The van der Waals surface area contributed by atoms with Crippen LogP contribution in [0.25, 0.3) is 0 Å². The van der Waals surface area contributed by atoms with Crippen molar-refractivity contribution in [2.75, 3.05) is 10.2 Å². The average Bonchev–Trinajstić information content (AvgIpc) is 2.97. The smallest absolute Gasteiger partial charge is 0.321 e. The minimum atomic E-state index is -4.60. The van der Waals surface area contributed by atoms with Gasteiger partial charge in [-0.2, -0.15) is 13.2 Å². The van der Waals surface area contributed by atoms with Crippen LogP contribution in [0.2, 0.25) is 0 Å². The second kappa shape index (κ2) is 7.68. The molecule has 2 aliphatic rings. The van der Waals surface area contributed by atoms with Crippen LogP contribution in [0.5, 0.6) is 0 Å². The Balaban J connectivity index is 1.53. The molecule has 2 atom stereocenters. The molecule has 0 saturated carbocycles. The SMILES string of the molecule is CC1=CC[C@H]2C(=O)N(c3ccc(C(=O)Nc4ccccc4C(F)(F)F)cc3)C(=O)[C@@H]2C1. The number of hydrogen-bond donors (Lipinski definition) is 1. The van der Waals surface area contributed by atoms with Crippen molar-refractivity contribution in [1.29, 1.82) is 0 Å². The molecule has 1 aliphatic heterocycles. The number of hydrogen-bond acceptors (Lipinski definition) is 3. The zero-order valence-electron chi connectivity index (χ0n) is 16.6. The Hall–Kier alpha value is -3.42. The third-order valence-corrected chi connectivity index (χ3v) is 5.69. The van der Waals surface area contributed by atoms with Gasteiger partial charge < -0.3 is 5.32 Å². The summed E-state index contributed by atoms with van der Waals surface area (Å²) in [5.74, 6) is -2.01. The number of carbonyl (C=O) groups excluding carboxylic acids is 3.